The first-order valence-corrected chi connectivity index (χ1v) is 7.30. The standard InChI is InChI=1S/C8H7BrO2.C8H7ClO2/c2*1-11-8-4-7(9)3-2-6(8)5-10/h2*2-5H,1H3. The van der Waals surface area contributed by atoms with Gasteiger partial charge in [0, 0.05) is 9.50 Å². The predicted octanol–water partition coefficient (Wildman–Crippen LogP) is 4.43. The number of methoxy groups -OCH3 is 2. The van der Waals surface area contributed by atoms with Crippen LogP contribution in [0, 0.1) is 0 Å². The average Bonchev–Trinajstić information content (AvgIpc) is 2.55. The third-order valence-electron chi connectivity index (χ3n) is 2.64. The summed E-state index contributed by atoms with van der Waals surface area (Å²) in [4.78, 5) is 20.8. The van der Waals surface area contributed by atoms with Crippen molar-refractivity contribution in [1.82, 2.24) is 0 Å². The molecule has 2 aromatic carbocycles. The van der Waals surface area contributed by atoms with Crippen molar-refractivity contribution in [3.8, 4) is 11.5 Å². The van der Waals surface area contributed by atoms with Crippen LogP contribution < -0.4 is 9.47 Å². The number of hydrogen-bond donors (Lipinski definition) is 0. The zero-order valence-corrected chi connectivity index (χ0v) is 14.3. The lowest BCUT2D eigenvalue weighted by Crippen LogP contribution is -1.89. The Bertz CT molecular complexity index is 601. The van der Waals surface area contributed by atoms with E-state index in [2.05, 4.69) is 15.9 Å². The SMILES string of the molecule is COc1cc(Br)ccc1C=O.COc1cc(Cl)ccc1C=O. The fourth-order valence-corrected chi connectivity index (χ4v) is 2.07. The summed E-state index contributed by atoms with van der Waals surface area (Å²) in [5.41, 5.74) is 1.08. The van der Waals surface area contributed by atoms with E-state index in [1.165, 1.54) is 14.2 Å². The Morgan fingerprint density at radius 1 is 0.909 bits per heavy atom. The van der Waals surface area contributed by atoms with Gasteiger partial charge in [-0.25, -0.2) is 0 Å². The number of ether oxygens (including phenoxy) is 2. The van der Waals surface area contributed by atoms with Crippen LogP contribution >= 0.6 is 27.5 Å². The van der Waals surface area contributed by atoms with Gasteiger partial charge in [0.1, 0.15) is 11.5 Å². The van der Waals surface area contributed by atoms with Crippen LogP contribution in [0.15, 0.2) is 40.9 Å². The second kappa shape index (κ2) is 9.23. The molecule has 22 heavy (non-hydrogen) atoms. The number of carbonyl (C=O) groups excluding carboxylic acids is 2. The number of aldehydes is 2. The highest BCUT2D eigenvalue weighted by Crippen LogP contribution is 2.22. The highest BCUT2D eigenvalue weighted by atomic mass is 79.9. The molecular formula is C16H14BrClO4. The zero-order chi connectivity index (χ0) is 16.5. The molecule has 6 heteroatoms. The molecule has 2 aromatic rings. The summed E-state index contributed by atoms with van der Waals surface area (Å²) >= 11 is 8.93. The molecule has 0 heterocycles. The highest BCUT2D eigenvalue weighted by Gasteiger charge is 2.01. The maximum absolute atomic E-state index is 10.4. The third-order valence-corrected chi connectivity index (χ3v) is 3.37. The summed E-state index contributed by atoms with van der Waals surface area (Å²) in [6.07, 6.45) is 1.50. The van der Waals surface area contributed by atoms with Gasteiger partial charge in [0.15, 0.2) is 12.6 Å². The van der Waals surface area contributed by atoms with Crippen molar-refractivity contribution in [3.05, 3.63) is 57.0 Å². The van der Waals surface area contributed by atoms with E-state index in [0.29, 0.717) is 27.6 Å². The van der Waals surface area contributed by atoms with Crippen LogP contribution in [-0.4, -0.2) is 26.8 Å². The van der Waals surface area contributed by atoms with Gasteiger partial charge in [-0.2, -0.15) is 0 Å². The van der Waals surface area contributed by atoms with E-state index in [1.807, 2.05) is 0 Å². The van der Waals surface area contributed by atoms with Gasteiger partial charge >= 0.3 is 0 Å². The molecule has 0 atom stereocenters. The Hall–Kier alpha value is -1.85. The van der Waals surface area contributed by atoms with Crippen LogP contribution in [0.25, 0.3) is 0 Å². The lowest BCUT2D eigenvalue weighted by molar-refractivity contribution is 0.111. The smallest absolute Gasteiger partial charge is 0.153 e. The predicted molar refractivity (Wildman–Crippen MR) is 89.5 cm³/mol. The molecule has 0 spiro atoms. The van der Waals surface area contributed by atoms with E-state index < -0.39 is 0 Å². The summed E-state index contributed by atoms with van der Waals surface area (Å²) < 4.78 is 10.8. The van der Waals surface area contributed by atoms with Crippen molar-refractivity contribution < 1.29 is 19.1 Å². The first-order valence-electron chi connectivity index (χ1n) is 6.13. The molecule has 0 N–H and O–H groups in total. The van der Waals surface area contributed by atoms with Gasteiger partial charge in [-0.15, -0.1) is 0 Å². The van der Waals surface area contributed by atoms with Crippen molar-refractivity contribution in [2.75, 3.05) is 14.2 Å². The molecular weight excluding hydrogens is 372 g/mol. The highest BCUT2D eigenvalue weighted by molar-refractivity contribution is 9.10. The second-order valence-corrected chi connectivity index (χ2v) is 5.36. The van der Waals surface area contributed by atoms with Crippen LogP contribution in [-0.2, 0) is 0 Å². The minimum absolute atomic E-state index is 0.507. The molecule has 0 amide bonds. The van der Waals surface area contributed by atoms with Crippen molar-refractivity contribution >= 4 is 40.1 Å². The molecule has 0 saturated heterocycles. The minimum Gasteiger partial charge on any atom is -0.496 e. The fourth-order valence-electron chi connectivity index (χ4n) is 1.56. The van der Waals surface area contributed by atoms with E-state index in [1.54, 1.807) is 36.4 Å². The molecule has 0 aromatic heterocycles. The van der Waals surface area contributed by atoms with Crippen molar-refractivity contribution in [2.45, 2.75) is 0 Å². The van der Waals surface area contributed by atoms with Gasteiger partial charge in [0.25, 0.3) is 0 Å². The van der Waals surface area contributed by atoms with Crippen molar-refractivity contribution in [2.24, 2.45) is 0 Å². The van der Waals surface area contributed by atoms with E-state index >= 15 is 0 Å². The molecule has 0 bridgehead atoms. The summed E-state index contributed by atoms with van der Waals surface area (Å²) in [5.74, 6) is 1.10. The number of carbonyl (C=O) groups is 2. The van der Waals surface area contributed by atoms with Crippen LogP contribution in [0.2, 0.25) is 5.02 Å². The Labute approximate surface area is 142 Å². The molecule has 0 saturated carbocycles. The normalized spacial score (nSPS) is 9.27. The Kier molecular flexibility index (Phi) is 7.63. The Morgan fingerprint density at radius 2 is 1.41 bits per heavy atom. The quantitative estimate of drug-likeness (QED) is 0.731. The fraction of sp³-hybridized carbons (Fsp3) is 0.125. The van der Waals surface area contributed by atoms with Gasteiger partial charge in [-0.1, -0.05) is 27.5 Å². The molecule has 0 aliphatic rings. The molecule has 0 unspecified atom stereocenters. The Morgan fingerprint density at radius 3 is 1.91 bits per heavy atom. The lowest BCUT2D eigenvalue weighted by Gasteiger charge is -2.02. The van der Waals surface area contributed by atoms with E-state index in [-0.39, 0.29) is 0 Å². The lowest BCUT2D eigenvalue weighted by atomic mass is 10.2. The second-order valence-electron chi connectivity index (χ2n) is 4.01. The van der Waals surface area contributed by atoms with Crippen molar-refractivity contribution in [3.63, 3.8) is 0 Å². The van der Waals surface area contributed by atoms with E-state index in [0.717, 1.165) is 17.0 Å². The van der Waals surface area contributed by atoms with E-state index in [4.69, 9.17) is 21.1 Å². The molecule has 0 fully saturated rings. The maximum Gasteiger partial charge on any atom is 0.153 e. The molecule has 2 rings (SSSR count). The van der Waals surface area contributed by atoms with Gasteiger partial charge in [-0.05, 0) is 36.4 Å². The van der Waals surface area contributed by atoms with Gasteiger partial charge in [0.2, 0.25) is 0 Å². The molecule has 4 nitrogen and oxygen atoms in total. The molecule has 0 radical (unpaired) electrons. The summed E-state index contributed by atoms with van der Waals surface area (Å²) in [7, 11) is 3.04. The van der Waals surface area contributed by atoms with Gasteiger partial charge in [-0.3, -0.25) is 9.59 Å². The third kappa shape index (κ3) is 5.16. The first kappa shape index (κ1) is 18.2. The molecule has 116 valence electrons. The zero-order valence-electron chi connectivity index (χ0n) is 12.0. The number of hydrogen-bond acceptors (Lipinski definition) is 4. The monoisotopic (exact) mass is 384 g/mol. The van der Waals surface area contributed by atoms with Crippen molar-refractivity contribution in [1.29, 1.82) is 0 Å². The van der Waals surface area contributed by atoms with Gasteiger partial charge < -0.3 is 9.47 Å². The van der Waals surface area contributed by atoms with Crippen LogP contribution in [0.1, 0.15) is 20.7 Å². The summed E-state index contributed by atoms with van der Waals surface area (Å²) in [6.45, 7) is 0. The minimum atomic E-state index is 0.507. The maximum atomic E-state index is 10.4. The van der Waals surface area contributed by atoms with Crippen LogP contribution in [0.5, 0.6) is 11.5 Å². The molecule has 0 aliphatic carbocycles. The summed E-state index contributed by atoms with van der Waals surface area (Å²) in [6, 6.07) is 10.1. The first-order chi connectivity index (χ1) is 10.5. The number of halogens is 2. The topological polar surface area (TPSA) is 52.6 Å². The number of benzene rings is 2. The van der Waals surface area contributed by atoms with Crippen LogP contribution in [0.3, 0.4) is 0 Å². The summed E-state index contributed by atoms with van der Waals surface area (Å²) in [5, 5.41) is 0.562. The van der Waals surface area contributed by atoms with Crippen LogP contribution in [0.4, 0.5) is 0 Å². The molecule has 0 aliphatic heterocycles. The number of rotatable bonds is 4. The van der Waals surface area contributed by atoms with E-state index in [9.17, 15) is 9.59 Å². The largest absolute Gasteiger partial charge is 0.496 e. The van der Waals surface area contributed by atoms with Gasteiger partial charge in [0.05, 0.1) is 25.3 Å². The average molecular weight is 386 g/mol. The Balaban J connectivity index is 0.000000220.